The van der Waals surface area contributed by atoms with Gasteiger partial charge in [-0.3, -0.25) is 0 Å². The summed E-state index contributed by atoms with van der Waals surface area (Å²) < 4.78 is 0. The Labute approximate surface area is 82.8 Å². The first-order valence-corrected chi connectivity index (χ1v) is 4.92. The Bertz CT molecular complexity index is 375. The molecule has 0 aliphatic rings. The van der Waals surface area contributed by atoms with Gasteiger partial charge in [0.1, 0.15) is 5.82 Å². The van der Waals surface area contributed by atoms with Gasteiger partial charge in [-0.05, 0) is 25.0 Å². The number of imidazole rings is 1. The highest BCUT2D eigenvalue weighted by Gasteiger charge is 2.00. The molecule has 0 saturated heterocycles. The number of fused-ring (bicyclic) bond motifs is 1. The van der Waals surface area contributed by atoms with Gasteiger partial charge in [0, 0.05) is 6.42 Å². The first-order valence-electron chi connectivity index (χ1n) is 4.92. The third kappa shape index (κ3) is 1.93. The fourth-order valence-electron chi connectivity index (χ4n) is 1.52. The number of nitrogens with one attached hydrogen (secondary N) is 1. The minimum absolute atomic E-state index is 0.0141. The number of aryl methyl sites for hydroxylation is 1. The zero-order chi connectivity index (χ0) is 9.80. The molecule has 0 atom stereocenters. The average molecular weight is 189 g/mol. The molecule has 1 aromatic heterocycles. The lowest BCUT2D eigenvalue weighted by Crippen LogP contribution is -1.89. The van der Waals surface area contributed by atoms with Gasteiger partial charge in [-0.25, -0.2) is 10.1 Å². The van der Waals surface area contributed by atoms with E-state index in [0.717, 1.165) is 36.1 Å². The lowest BCUT2D eigenvalue weighted by molar-refractivity contribution is 0.187. The molecule has 0 spiro atoms. The van der Waals surface area contributed by atoms with E-state index in [1.807, 2.05) is 24.3 Å². The van der Waals surface area contributed by atoms with Crippen molar-refractivity contribution in [2.75, 3.05) is 6.61 Å². The van der Waals surface area contributed by atoms with Gasteiger partial charge in [0.25, 0.3) is 0 Å². The molecular formula is C11H13N2O. The summed E-state index contributed by atoms with van der Waals surface area (Å²) in [6, 6.07) is 7.97. The lowest BCUT2D eigenvalue weighted by Gasteiger charge is -1.92. The van der Waals surface area contributed by atoms with Crippen LogP contribution in [0.25, 0.3) is 11.0 Å². The van der Waals surface area contributed by atoms with Crippen molar-refractivity contribution in [1.82, 2.24) is 9.97 Å². The van der Waals surface area contributed by atoms with Gasteiger partial charge in [-0.2, -0.15) is 0 Å². The van der Waals surface area contributed by atoms with Crippen molar-refractivity contribution < 1.29 is 5.11 Å². The Morgan fingerprint density at radius 1 is 1.21 bits per heavy atom. The Morgan fingerprint density at radius 3 is 2.86 bits per heavy atom. The molecule has 1 N–H and O–H groups in total. The van der Waals surface area contributed by atoms with Crippen LogP contribution in [0, 0.1) is 0 Å². The number of rotatable bonds is 4. The number of para-hydroxylation sites is 2. The molecule has 1 heterocycles. The minimum Gasteiger partial charge on any atom is -0.342 e. The Hall–Kier alpha value is -1.35. The number of hydrogen-bond acceptors (Lipinski definition) is 1. The first-order chi connectivity index (χ1) is 6.90. The fraction of sp³-hybridized carbons (Fsp3) is 0.364. The molecule has 0 saturated carbocycles. The molecule has 14 heavy (non-hydrogen) atoms. The standard InChI is InChI=1S/C11H13N2O/c14-8-4-3-7-11-12-9-5-1-2-6-10(9)13-11/h1-2,5-6H,3-4,7-8H2,(H,12,13). The van der Waals surface area contributed by atoms with Crippen molar-refractivity contribution in [3.8, 4) is 0 Å². The topological polar surface area (TPSA) is 48.6 Å². The second-order valence-electron chi connectivity index (χ2n) is 3.36. The quantitative estimate of drug-likeness (QED) is 0.737. The smallest absolute Gasteiger partial charge is 0.107 e. The highest BCUT2D eigenvalue weighted by Crippen LogP contribution is 2.11. The van der Waals surface area contributed by atoms with E-state index in [2.05, 4.69) is 9.97 Å². The summed E-state index contributed by atoms with van der Waals surface area (Å²) in [5.74, 6) is 0.986. The van der Waals surface area contributed by atoms with Gasteiger partial charge in [0.2, 0.25) is 0 Å². The molecule has 2 aromatic rings. The molecule has 0 amide bonds. The zero-order valence-corrected chi connectivity index (χ0v) is 7.99. The van der Waals surface area contributed by atoms with Gasteiger partial charge < -0.3 is 4.98 Å². The van der Waals surface area contributed by atoms with E-state index in [1.54, 1.807) is 0 Å². The van der Waals surface area contributed by atoms with E-state index >= 15 is 0 Å². The summed E-state index contributed by atoms with van der Waals surface area (Å²) in [4.78, 5) is 7.67. The normalized spacial score (nSPS) is 10.9. The Balaban J connectivity index is 2.11. The van der Waals surface area contributed by atoms with Crippen LogP contribution in [0.2, 0.25) is 0 Å². The lowest BCUT2D eigenvalue weighted by atomic mass is 10.2. The van der Waals surface area contributed by atoms with Gasteiger partial charge in [0.15, 0.2) is 0 Å². The number of aromatic amines is 1. The van der Waals surface area contributed by atoms with Crippen molar-refractivity contribution in [3.63, 3.8) is 0 Å². The van der Waals surface area contributed by atoms with Crippen molar-refractivity contribution in [1.29, 1.82) is 0 Å². The number of nitrogens with zero attached hydrogens (tertiary/aromatic N) is 1. The van der Waals surface area contributed by atoms with Crippen molar-refractivity contribution in [2.45, 2.75) is 19.3 Å². The Morgan fingerprint density at radius 2 is 2.07 bits per heavy atom. The first kappa shape index (κ1) is 9.21. The van der Waals surface area contributed by atoms with Gasteiger partial charge in [-0.15, -0.1) is 0 Å². The maximum Gasteiger partial charge on any atom is 0.107 e. The second-order valence-corrected chi connectivity index (χ2v) is 3.36. The van der Waals surface area contributed by atoms with Gasteiger partial charge in [0.05, 0.1) is 17.6 Å². The highest BCUT2D eigenvalue weighted by molar-refractivity contribution is 5.74. The number of H-pyrrole nitrogens is 1. The van der Waals surface area contributed by atoms with Crippen LogP contribution in [-0.2, 0) is 11.5 Å². The third-order valence-electron chi connectivity index (χ3n) is 2.25. The molecule has 3 heteroatoms. The van der Waals surface area contributed by atoms with Crippen LogP contribution in [-0.4, -0.2) is 16.6 Å². The van der Waals surface area contributed by atoms with Crippen LogP contribution in [0.4, 0.5) is 0 Å². The summed E-state index contributed by atoms with van der Waals surface area (Å²) in [5, 5.41) is 10.3. The largest absolute Gasteiger partial charge is 0.342 e. The number of aromatic nitrogens is 2. The predicted molar refractivity (Wildman–Crippen MR) is 54.6 cm³/mol. The number of hydrogen-bond donors (Lipinski definition) is 1. The summed E-state index contributed by atoms with van der Waals surface area (Å²) in [6.07, 6.45) is 2.53. The molecule has 0 aliphatic carbocycles. The molecule has 1 aromatic carbocycles. The zero-order valence-electron chi connectivity index (χ0n) is 7.99. The molecule has 0 bridgehead atoms. The molecule has 0 aliphatic heterocycles. The van der Waals surface area contributed by atoms with Crippen LogP contribution in [0.15, 0.2) is 24.3 Å². The summed E-state index contributed by atoms with van der Waals surface area (Å²) in [5.41, 5.74) is 2.08. The second kappa shape index (κ2) is 4.24. The van der Waals surface area contributed by atoms with Crippen molar-refractivity contribution in [2.24, 2.45) is 0 Å². The molecule has 3 nitrogen and oxygen atoms in total. The van der Waals surface area contributed by atoms with Gasteiger partial charge in [-0.1, -0.05) is 12.1 Å². The minimum atomic E-state index is 0.0141. The number of unbranched alkanes of at least 4 members (excludes halogenated alkanes) is 1. The molecule has 2 rings (SSSR count). The molecule has 0 unspecified atom stereocenters. The fourth-order valence-corrected chi connectivity index (χ4v) is 1.52. The van der Waals surface area contributed by atoms with Crippen LogP contribution in [0.3, 0.4) is 0 Å². The third-order valence-corrected chi connectivity index (χ3v) is 2.25. The van der Waals surface area contributed by atoms with E-state index in [4.69, 9.17) is 0 Å². The molecule has 73 valence electrons. The molecule has 0 fully saturated rings. The van der Waals surface area contributed by atoms with E-state index in [0.29, 0.717) is 0 Å². The van der Waals surface area contributed by atoms with E-state index < -0.39 is 0 Å². The summed E-state index contributed by atoms with van der Waals surface area (Å²) in [7, 11) is 0. The van der Waals surface area contributed by atoms with E-state index in [9.17, 15) is 5.11 Å². The van der Waals surface area contributed by atoms with Crippen LogP contribution < -0.4 is 0 Å². The molecular weight excluding hydrogens is 176 g/mol. The maximum absolute atomic E-state index is 10.3. The van der Waals surface area contributed by atoms with Crippen LogP contribution in [0.1, 0.15) is 18.7 Å². The maximum atomic E-state index is 10.3. The van der Waals surface area contributed by atoms with E-state index in [1.165, 1.54) is 0 Å². The summed E-state index contributed by atoms with van der Waals surface area (Å²) in [6.45, 7) is 0.0141. The average Bonchev–Trinajstić information content (AvgIpc) is 2.60. The number of benzene rings is 1. The van der Waals surface area contributed by atoms with Crippen molar-refractivity contribution in [3.05, 3.63) is 30.1 Å². The summed E-state index contributed by atoms with van der Waals surface area (Å²) >= 11 is 0. The predicted octanol–water partition coefficient (Wildman–Crippen LogP) is 2.32. The van der Waals surface area contributed by atoms with Crippen LogP contribution in [0.5, 0.6) is 0 Å². The highest BCUT2D eigenvalue weighted by atomic mass is 16.2. The SMILES string of the molecule is [O]CCCCc1nc2ccccc2[nH]1. The van der Waals surface area contributed by atoms with Crippen molar-refractivity contribution >= 4 is 11.0 Å². The van der Waals surface area contributed by atoms with E-state index in [-0.39, 0.29) is 6.61 Å². The molecule has 1 radical (unpaired) electrons. The monoisotopic (exact) mass is 189 g/mol. The Kier molecular flexibility index (Phi) is 2.79. The van der Waals surface area contributed by atoms with Gasteiger partial charge >= 0.3 is 0 Å². The van der Waals surface area contributed by atoms with Crippen LogP contribution >= 0.6 is 0 Å².